The Hall–Kier alpha value is -1.85. The number of allylic oxidation sites excluding steroid dienone is 2. The summed E-state index contributed by atoms with van der Waals surface area (Å²) in [5, 5.41) is 0. The Morgan fingerprint density at radius 3 is 0.781 bits per heavy atom. The van der Waals surface area contributed by atoms with Gasteiger partial charge in [-0.15, -0.1) is 0 Å². The van der Waals surface area contributed by atoms with Gasteiger partial charge in [0.2, 0.25) is 0 Å². The second kappa shape index (κ2) is 53.8. The molecule has 1 unspecified atom stereocenters. The predicted molar refractivity (Wildman–Crippen MR) is 275 cm³/mol. The highest BCUT2D eigenvalue weighted by Crippen LogP contribution is 2.17. The van der Waals surface area contributed by atoms with Crippen LogP contribution >= 0.6 is 0 Å². The summed E-state index contributed by atoms with van der Waals surface area (Å²) >= 11 is 0. The third kappa shape index (κ3) is 51.1. The Balaban J connectivity index is 3.84. The lowest BCUT2D eigenvalue weighted by atomic mass is 10.0. The molecule has 6 nitrogen and oxygen atoms in total. The van der Waals surface area contributed by atoms with Crippen LogP contribution in [0.2, 0.25) is 0 Å². The minimum atomic E-state index is -0.759. The minimum absolute atomic E-state index is 0.0648. The van der Waals surface area contributed by atoms with Gasteiger partial charge in [0.15, 0.2) is 6.10 Å². The summed E-state index contributed by atoms with van der Waals surface area (Å²) in [6, 6.07) is 0. The smallest absolute Gasteiger partial charge is 0.306 e. The molecule has 0 aliphatic carbocycles. The fourth-order valence-corrected chi connectivity index (χ4v) is 8.68. The third-order valence-corrected chi connectivity index (χ3v) is 13.0. The standard InChI is InChI=1S/C58H110O6/c1-4-7-10-13-16-18-19-20-21-22-23-24-25-26-27-28-29-30-31-32-33-34-35-36-37-38-39-41-42-45-48-51-57(60)63-54-55(53-62-56(59)50-47-44-15-12-9-6-3)64-58(61)52-49-46-43-40-17-14-11-8-5-2/h22-23,55H,4-21,24-54H2,1-3H3/b23-22-. The molecule has 0 aliphatic rings. The number of rotatable bonds is 53. The fraction of sp³-hybridized carbons (Fsp3) is 0.914. The van der Waals surface area contributed by atoms with Crippen LogP contribution in [0.3, 0.4) is 0 Å². The molecule has 0 rings (SSSR count). The second-order valence-corrected chi connectivity index (χ2v) is 19.6. The Kier molecular flexibility index (Phi) is 52.2. The lowest BCUT2D eigenvalue weighted by molar-refractivity contribution is -0.167. The van der Waals surface area contributed by atoms with E-state index >= 15 is 0 Å². The van der Waals surface area contributed by atoms with Crippen molar-refractivity contribution in [3.8, 4) is 0 Å². The highest BCUT2D eigenvalue weighted by molar-refractivity contribution is 5.71. The van der Waals surface area contributed by atoms with E-state index in [0.29, 0.717) is 19.3 Å². The zero-order valence-electron chi connectivity index (χ0n) is 43.3. The summed E-state index contributed by atoms with van der Waals surface area (Å²) in [5.41, 5.74) is 0. The molecule has 378 valence electrons. The van der Waals surface area contributed by atoms with Gasteiger partial charge in [-0.1, -0.05) is 270 Å². The van der Waals surface area contributed by atoms with Gasteiger partial charge < -0.3 is 14.2 Å². The average molecular weight is 904 g/mol. The van der Waals surface area contributed by atoms with Gasteiger partial charge in [-0.05, 0) is 44.9 Å². The molecule has 0 aromatic carbocycles. The minimum Gasteiger partial charge on any atom is -0.462 e. The summed E-state index contributed by atoms with van der Waals surface area (Å²) in [6.07, 6.45) is 61.3. The number of esters is 3. The molecule has 0 aromatic heterocycles. The normalized spacial score (nSPS) is 12.0. The molecule has 0 radical (unpaired) electrons. The molecule has 0 saturated heterocycles. The number of hydrogen-bond acceptors (Lipinski definition) is 6. The first-order valence-electron chi connectivity index (χ1n) is 28.7. The fourth-order valence-electron chi connectivity index (χ4n) is 8.68. The third-order valence-electron chi connectivity index (χ3n) is 13.0. The monoisotopic (exact) mass is 903 g/mol. The molecule has 0 saturated carbocycles. The van der Waals surface area contributed by atoms with Crippen LogP contribution in [0.25, 0.3) is 0 Å². The number of unbranched alkanes of at least 4 members (excludes halogenated alkanes) is 40. The van der Waals surface area contributed by atoms with Gasteiger partial charge in [0, 0.05) is 19.3 Å². The summed E-state index contributed by atoms with van der Waals surface area (Å²) in [5.74, 6) is -0.862. The van der Waals surface area contributed by atoms with Crippen molar-refractivity contribution in [3.05, 3.63) is 12.2 Å². The van der Waals surface area contributed by atoms with E-state index in [0.717, 1.165) is 57.8 Å². The van der Waals surface area contributed by atoms with Crippen molar-refractivity contribution in [1.29, 1.82) is 0 Å². The van der Waals surface area contributed by atoms with E-state index in [1.54, 1.807) is 0 Å². The van der Waals surface area contributed by atoms with Gasteiger partial charge in [0.05, 0.1) is 0 Å². The average Bonchev–Trinajstić information content (AvgIpc) is 3.29. The van der Waals surface area contributed by atoms with Crippen LogP contribution in [0.5, 0.6) is 0 Å². The molecule has 64 heavy (non-hydrogen) atoms. The number of carbonyl (C=O) groups excluding carboxylic acids is 3. The summed E-state index contributed by atoms with van der Waals surface area (Å²) in [6.45, 7) is 6.59. The molecule has 0 N–H and O–H groups in total. The van der Waals surface area contributed by atoms with Gasteiger partial charge in [-0.3, -0.25) is 14.4 Å². The van der Waals surface area contributed by atoms with E-state index in [1.165, 1.54) is 225 Å². The molecule has 1 atom stereocenters. The van der Waals surface area contributed by atoms with Gasteiger partial charge in [-0.25, -0.2) is 0 Å². The van der Waals surface area contributed by atoms with E-state index in [2.05, 4.69) is 32.9 Å². The number of carbonyl (C=O) groups is 3. The SMILES string of the molecule is CCCCCCCCCC/C=C\CCCCCCCCCCCCCCCCCCCCCC(=O)OCC(COC(=O)CCCCCCCC)OC(=O)CCCCCCCCCCC. The van der Waals surface area contributed by atoms with Crippen molar-refractivity contribution in [3.63, 3.8) is 0 Å². The van der Waals surface area contributed by atoms with Crippen molar-refractivity contribution in [1.82, 2.24) is 0 Å². The molecule has 0 aromatic rings. The molecule has 0 bridgehead atoms. The molecule has 0 amide bonds. The van der Waals surface area contributed by atoms with E-state index in [9.17, 15) is 14.4 Å². The van der Waals surface area contributed by atoms with Crippen LogP contribution < -0.4 is 0 Å². The Morgan fingerprint density at radius 2 is 0.516 bits per heavy atom. The zero-order chi connectivity index (χ0) is 46.5. The van der Waals surface area contributed by atoms with Crippen LogP contribution in [0, 0.1) is 0 Å². The molecular formula is C58H110O6. The second-order valence-electron chi connectivity index (χ2n) is 19.6. The first kappa shape index (κ1) is 62.1. The van der Waals surface area contributed by atoms with E-state index < -0.39 is 6.10 Å². The number of ether oxygens (including phenoxy) is 3. The maximum atomic E-state index is 12.7. The topological polar surface area (TPSA) is 78.9 Å². The van der Waals surface area contributed by atoms with Crippen LogP contribution in [0.4, 0.5) is 0 Å². The van der Waals surface area contributed by atoms with Gasteiger partial charge >= 0.3 is 17.9 Å². The maximum absolute atomic E-state index is 12.7. The van der Waals surface area contributed by atoms with Crippen molar-refractivity contribution in [2.75, 3.05) is 13.2 Å². The van der Waals surface area contributed by atoms with E-state index in [-0.39, 0.29) is 31.1 Å². The summed E-state index contributed by atoms with van der Waals surface area (Å²) in [7, 11) is 0. The highest BCUT2D eigenvalue weighted by Gasteiger charge is 2.19. The van der Waals surface area contributed by atoms with Crippen molar-refractivity contribution < 1.29 is 28.6 Å². The molecule has 0 aliphatic heterocycles. The van der Waals surface area contributed by atoms with Crippen LogP contribution in [-0.4, -0.2) is 37.2 Å². The number of hydrogen-bond donors (Lipinski definition) is 0. The highest BCUT2D eigenvalue weighted by atomic mass is 16.6. The lowest BCUT2D eigenvalue weighted by Crippen LogP contribution is -2.30. The molecular weight excluding hydrogens is 793 g/mol. The van der Waals surface area contributed by atoms with E-state index in [4.69, 9.17) is 14.2 Å². The zero-order valence-corrected chi connectivity index (χ0v) is 43.3. The van der Waals surface area contributed by atoms with Crippen molar-refractivity contribution in [2.45, 2.75) is 329 Å². The van der Waals surface area contributed by atoms with Crippen LogP contribution in [0.15, 0.2) is 12.2 Å². The quantitative estimate of drug-likeness (QED) is 0.0262. The van der Waals surface area contributed by atoms with Gasteiger partial charge in [0.1, 0.15) is 13.2 Å². The first-order chi connectivity index (χ1) is 31.5. The van der Waals surface area contributed by atoms with Crippen LogP contribution in [-0.2, 0) is 28.6 Å². The Bertz CT molecular complexity index is 993. The van der Waals surface area contributed by atoms with Crippen LogP contribution in [0.1, 0.15) is 323 Å². The molecule has 6 heteroatoms. The van der Waals surface area contributed by atoms with Gasteiger partial charge in [-0.2, -0.15) is 0 Å². The molecule has 0 fully saturated rings. The Morgan fingerprint density at radius 1 is 0.297 bits per heavy atom. The van der Waals surface area contributed by atoms with E-state index in [1.807, 2.05) is 0 Å². The maximum Gasteiger partial charge on any atom is 0.306 e. The lowest BCUT2D eigenvalue weighted by Gasteiger charge is -2.18. The summed E-state index contributed by atoms with van der Waals surface area (Å²) in [4.78, 5) is 37.6. The van der Waals surface area contributed by atoms with Crippen molar-refractivity contribution in [2.24, 2.45) is 0 Å². The predicted octanol–water partition coefficient (Wildman–Crippen LogP) is 18.9. The van der Waals surface area contributed by atoms with Gasteiger partial charge in [0.25, 0.3) is 0 Å². The first-order valence-corrected chi connectivity index (χ1v) is 28.7. The summed E-state index contributed by atoms with van der Waals surface area (Å²) < 4.78 is 16.7. The molecule has 0 spiro atoms. The molecule has 0 heterocycles. The largest absolute Gasteiger partial charge is 0.462 e. The van der Waals surface area contributed by atoms with Crippen molar-refractivity contribution >= 4 is 17.9 Å². The Labute approximate surface area is 399 Å².